The van der Waals surface area contributed by atoms with Gasteiger partial charge in [0.05, 0.1) is 33.5 Å². The Morgan fingerprint density at radius 1 is 0.658 bits per heavy atom. The summed E-state index contributed by atoms with van der Waals surface area (Å²) in [5.41, 5.74) is 31.2. The van der Waals surface area contributed by atoms with Crippen LogP contribution < -0.4 is 57.4 Å². The third-order valence-electron chi connectivity index (χ3n) is 8.93. The van der Waals surface area contributed by atoms with Crippen molar-refractivity contribution in [2.75, 3.05) is 37.0 Å². The van der Waals surface area contributed by atoms with Crippen molar-refractivity contribution < 1.29 is 53.7 Å². The van der Waals surface area contributed by atoms with E-state index in [1.54, 1.807) is 45.0 Å². The summed E-state index contributed by atoms with van der Waals surface area (Å²) >= 11 is 7.99. The largest absolute Gasteiger partial charge is 1.00 e. The third-order valence-corrected chi connectivity index (χ3v) is 10.5. The maximum Gasteiger partial charge on any atom is 1.00 e. The van der Waals surface area contributed by atoms with Gasteiger partial charge in [-0.2, -0.15) is 0 Å². The fourth-order valence-corrected chi connectivity index (χ4v) is 6.68. The third kappa shape index (κ3) is 26.6. The Morgan fingerprint density at radius 3 is 1.60 bits per heavy atom. The number of carbonyl (C=O) groups is 2. The molecule has 0 aliphatic heterocycles. The van der Waals surface area contributed by atoms with E-state index in [-0.39, 0.29) is 61.1 Å². The number of nitrogens with two attached hydrogens (primary N) is 3. The number of H-pyrrole nitrogens is 1. The van der Waals surface area contributed by atoms with Gasteiger partial charge in [0.2, 0.25) is 5.56 Å². The molecule has 73 heavy (non-hydrogen) atoms. The van der Waals surface area contributed by atoms with E-state index in [1.165, 1.54) is 12.1 Å². The van der Waals surface area contributed by atoms with Gasteiger partial charge >= 0.3 is 41.5 Å². The zero-order valence-corrected chi connectivity index (χ0v) is 48.9. The first-order chi connectivity index (χ1) is 33.4. The number of ether oxygens (including phenoxy) is 2. The Labute approximate surface area is 471 Å². The van der Waals surface area contributed by atoms with Crippen LogP contribution in [-0.4, -0.2) is 66.6 Å². The number of aromatic nitrogens is 7. The number of esters is 2. The van der Waals surface area contributed by atoms with E-state index in [9.17, 15) is 14.4 Å². The predicted octanol–water partition coefficient (Wildman–Crippen LogP) is 7.21. The summed E-state index contributed by atoms with van der Waals surface area (Å²) < 4.78 is 10.3. The maximum absolute atomic E-state index is 11.1. The number of anilines is 3. The van der Waals surface area contributed by atoms with Crippen molar-refractivity contribution in [3.8, 4) is 0 Å². The topological polar surface area (TPSA) is 264 Å². The number of nitrogens with zero attached hydrogens (tertiary/aromatic N) is 6. The molecule has 0 fully saturated rings. The molecular weight excluding hydrogens is 1070 g/mol. The number of hydrogen-bond donors (Lipinski definition) is 4. The van der Waals surface area contributed by atoms with Crippen molar-refractivity contribution in [3.05, 3.63) is 161 Å². The van der Waals surface area contributed by atoms with Gasteiger partial charge in [-0.15, -0.1) is 6.61 Å². The van der Waals surface area contributed by atoms with Crippen LogP contribution in [0.5, 0.6) is 0 Å². The van der Waals surface area contributed by atoms with Crippen molar-refractivity contribution in [2.45, 2.75) is 97.4 Å². The number of nitrogen functional groups attached to an aromatic ring is 3. The van der Waals surface area contributed by atoms with Gasteiger partial charge < -0.3 is 36.8 Å². The number of pyridine rings is 7. The van der Waals surface area contributed by atoms with Crippen LogP contribution in [0.3, 0.4) is 0 Å². The average molecular weight is 1140 g/mol. The summed E-state index contributed by atoms with van der Waals surface area (Å²) in [6.45, 7) is 28.4. The van der Waals surface area contributed by atoms with E-state index in [2.05, 4.69) is 68.8 Å². The number of nitrogens with one attached hydrogen (secondary N) is 1. The Morgan fingerprint density at radius 2 is 1.11 bits per heavy atom. The van der Waals surface area contributed by atoms with Crippen LogP contribution in [0.4, 0.5) is 17.1 Å². The van der Waals surface area contributed by atoms with Crippen LogP contribution in [0.25, 0.3) is 27.9 Å². The summed E-state index contributed by atoms with van der Waals surface area (Å²) in [6, 6.07) is 18.2. The summed E-state index contributed by atoms with van der Waals surface area (Å²) in [4.78, 5) is 60.6. The zero-order valence-electron chi connectivity index (χ0n) is 44.0. The number of fused-ring (bicyclic) bond motifs is 2. The normalized spacial score (nSPS) is 9.64. The molecule has 7 rings (SSSR count). The van der Waals surface area contributed by atoms with E-state index < -0.39 is 0 Å². The minimum absolute atomic E-state index is 0. The molecule has 7 heterocycles. The van der Waals surface area contributed by atoms with Crippen LogP contribution >= 0.6 is 34.2 Å². The quantitative estimate of drug-likeness (QED) is 0.0436. The molecule has 16 nitrogen and oxygen atoms in total. The molecule has 0 aromatic carbocycles. The van der Waals surface area contributed by atoms with Gasteiger partial charge in [0.1, 0.15) is 5.15 Å². The monoisotopic (exact) mass is 1140 g/mol. The van der Waals surface area contributed by atoms with Gasteiger partial charge in [-0.3, -0.25) is 29.7 Å². The summed E-state index contributed by atoms with van der Waals surface area (Å²) in [7, 11) is 0. The van der Waals surface area contributed by atoms with Gasteiger partial charge in [-0.25, -0.2) is 14.6 Å². The van der Waals surface area contributed by atoms with E-state index >= 15 is 0 Å². The van der Waals surface area contributed by atoms with Crippen LogP contribution in [0.15, 0.2) is 84.2 Å². The van der Waals surface area contributed by atoms with Gasteiger partial charge in [-0.1, -0.05) is 32.5 Å². The van der Waals surface area contributed by atoms with Gasteiger partial charge in [0.25, 0.3) is 0 Å². The van der Waals surface area contributed by atoms with Crippen molar-refractivity contribution in [1.29, 1.82) is 0 Å². The van der Waals surface area contributed by atoms with E-state index in [1.807, 2.05) is 106 Å². The molecule has 0 amide bonds. The SMILES string of the molecule is C.C=CC(=O)OCC.CCOC(=O)/C=C/c1c(N)cc(C)nc1C.CC[O-].Cc1cc(N)c(I)c(C)n1.Cc1cc(N)cc(C)n1.Cc1cc2[nH]c(=O)ccc2c(C)n1.Cc1cc2nc(Cl)ccc2c(C)n1.[Na+]. The fourth-order valence-electron chi connectivity index (χ4n) is 6.25. The molecule has 0 unspecified atom stereocenters. The second-order valence-corrected chi connectivity index (χ2v) is 16.8. The summed E-state index contributed by atoms with van der Waals surface area (Å²) in [6.07, 6.45) is 4.14. The zero-order chi connectivity index (χ0) is 54.0. The first-order valence-electron chi connectivity index (χ1n) is 22.3. The number of aromatic amines is 1. The number of aryl methyl sites for hydroxylation is 10. The second kappa shape index (κ2) is 36.2. The molecule has 0 aliphatic carbocycles. The van der Waals surface area contributed by atoms with Crippen LogP contribution in [0.1, 0.15) is 90.7 Å². The molecule has 0 aliphatic rings. The molecular formula is C54H71ClIN10NaO6. The van der Waals surface area contributed by atoms with E-state index in [0.29, 0.717) is 24.1 Å². The maximum atomic E-state index is 11.1. The van der Waals surface area contributed by atoms with Crippen LogP contribution in [0.2, 0.25) is 5.15 Å². The summed E-state index contributed by atoms with van der Waals surface area (Å²) in [5.74, 6) is -0.732. The molecule has 0 saturated carbocycles. The van der Waals surface area contributed by atoms with Crippen molar-refractivity contribution >= 4 is 91.1 Å². The molecule has 0 radical (unpaired) electrons. The molecule has 0 spiro atoms. The predicted molar refractivity (Wildman–Crippen MR) is 303 cm³/mol. The summed E-state index contributed by atoms with van der Waals surface area (Å²) in [5, 5.41) is 11.5. The molecule has 19 heteroatoms. The van der Waals surface area contributed by atoms with Crippen molar-refractivity contribution in [2.24, 2.45) is 0 Å². The molecule has 0 saturated heterocycles. The minimum atomic E-state index is -0.373. The Bertz CT molecular complexity index is 2870. The van der Waals surface area contributed by atoms with Crippen LogP contribution in [-0.2, 0) is 19.1 Å². The molecule has 7 aromatic heterocycles. The Kier molecular flexibility index (Phi) is 34.3. The Hall–Kier alpha value is -5.83. The van der Waals surface area contributed by atoms with Gasteiger partial charge in [0, 0.05) is 103 Å². The first-order valence-corrected chi connectivity index (χ1v) is 23.8. The fraction of sp³-hybridized carbons (Fsp3) is 0.315. The molecule has 0 atom stereocenters. The van der Waals surface area contributed by atoms with E-state index in [4.69, 9.17) is 38.6 Å². The van der Waals surface area contributed by atoms with Crippen molar-refractivity contribution in [3.63, 3.8) is 0 Å². The molecule has 7 N–H and O–H groups in total. The molecule has 388 valence electrons. The number of halogens is 2. The smallest absolute Gasteiger partial charge is 0.855 e. The first kappa shape index (κ1) is 69.2. The van der Waals surface area contributed by atoms with Crippen LogP contribution in [0, 0.1) is 72.8 Å². The number of rotatable bonds is 5. The average Bonchev–Trinajstić information content (AvgIpc) is 3.26. The standard InChI is InChI=1S/C12H16N2O2.C10H9ClN2.C10H10N2O.C7H9IN2.C7H10N2.C5H8O2.C2H5O.CH4.Na/c1-4-16-12(15)6-5-10-9(3)14-8(2)7-11(10)13;1-6-5-9-8(7(2)12-6)3-4-10(11)13-9;1-6-5-9-8(7(2)11-6)3-4-10(13)12-9;1-4-3-6(9)7(8)5(2)10-4;1-5-3-7(8)4-6(2)9-5;1-3-5(6)7-4-2;1-2-3;;/h5-7H,4H2,1-3H3,(H2,13,14);3-5H,1-2H3;3-5H,1-2H3,(H,12,13);3H,1-2H3,(H2,9,10);3-4H,1-2H3,(H2,8,9);3H,1,4H2,2H3;2H2,1H3;1H4;/q;;;;;;-1;;+1/b6-5+;;;;;;;;. The van der Waals surface area contributed by atoms with Gasteiger partial charge in [0.15, 0.2) is 0 Å². The minimum Gasteiger partial charge on any atom is -0.855 e. The number of carbonyl (C=O) groups excluding carboxylic acids is 2. The molecule has 7 aromatic rings. The van der Waals surface area contributed by atoms with E-state index in [0.717, 1.165) is 105 Å². The molecule has 0 bridgehead atoms. The van der Waals surface area contributed by atoms with Gasteiger partial charge in [-0.05, 0) is 166 Å². The second-order valence-electron chi connectivity index (χ2n) is 15.3. The van der Waals surface area contributed by atoms with Crippen molar-refractivity contribution in [1.82, 2.24) is 34.9 Å². The number of hydrogen-bond acceptors (Lipinski definition) is 15. The Balaban J connectivity index is 0.